The van der Waals surface area contributed by atoms with Gasteiger partial charge in [-0.1, -0.05) is 48.5 Å². The van der Waals surface area contributed by atoms with Crippen LogP contribution in [0.4, 0.5) is 5.69 Å². The zero-order chi connectivity index (χ0) is 20.8. The molecule has 150 valence electrons. The van der Waals surface area contributed by atoms with Crippen LogP contribution in [0.15, 0.2) is 89.3 Å². The molecule has 3 aromatic carbocycles. The number of aromatic nitrogens is 2. The number of hydrogen-bond acceptors (Lipinski definition) is 5. The number of carbonyl (C=O) groups is 1. The molecule has 0 spiro atoms. The van der Waals surface area contributed by atoms with Crippen molar-refractivity contribution in [1.29, 1.82) is 0 Å². The molecule has 0 saturated heterocycles. The molecule has 1 N–H and O–H groups in total. The number of hydrogen-bond donors (Lipinski definition) is 1. The van der Waals surface area contributed by atoms with Gasteiger partial charge in [0.25, 0.3) is 0 Å². The molecular formula is C24H21N3O2S. The Hall–Kier alpha value is -3.38. The molecule has 0 bridgehead atoms. The first-order valence-corrected chi connectivity index (χ1v) is 10.7. The first kappa shape index (κ1) is 19.9. The predicted molar refractivity (Wildman–Crippen MR) is 121 cm³/mol. The number of amides is 1. The molecule has 0 aliphatic heterocycles. The summed E-state index contributed by atoms with van der Waals surface area (Å²) in [5.74, 6) is 1.70. The largest absolute Gasteiger partial charge is 0.416 e. The van der Waals surface area contributed by atoms with Crippen molar-refractivity contribution in [2.45, 2.75) is 17.9 Å². The Balaban J connectivity index is 1.35. The maximum atomic E-state index is 12.5. The molecule has 0 aliphatic carbocycles. The molecule has 5 nitrogen and oxygen atoms in total. The van der Waals surface area contributed by atoms with Crippen LogP contribution in [0.2, 0.25) is 0 Å². The van der Waals surface area contributed by atoms with E-state index in [4.69, 9.17) is 4.42 Å². The maximum absolute atomic E-state index is 12.5. The van der Waals surface area contributed by atoms with Gasteiger partial charge < -0.3 is 9.73 Å². The molecule has 0 aliphatic rings. The minimum absolute atomic E-state index is 0.0205. The maximum Gasteiger partial charge on any atom is 0.248 e. The molecule has 0 radical (unpaired) electrons. The van der Waals surface area contributed by atoms with E-state index in [0.29, 0.717) is 11.8 Å². The Morgan fingerprint density at radius 2 is 1.43 bits per heavy atom. The van der Waals surface area contributed by atoms with Crippen molar-refractivity contribution in [1.82, 2.24) is 10.2 Å². The fourth-order valence-electron chi connectivity index (χ4n) is 2.85. The number of anilines is 1. The number of benzene rings is 3. The molecule has 1 heterocycles. The van der Waals surface area contributed by atoms with Gasteiger partial charge in [0.1, 0.15) is 0 Å². The van der Waals surface area contributed by atoms with Crippen molar-refractivity contribution in [3.63, 3.8) is 0 Å². The van der Waals surface area contributed by atoms with E-state index in [2.05, 4.69) is 27.6 Å². The van der Waals surface area contributed by atoms with Crippen molar-refractivity contribution in [2.24, 2.45) is 0 Å². The predicted octanol–water partition coefficient (Wildman–Crippen LogP) is 5.66. The first-order chi connectivity index (χ1) is 14.7. The summed E-state index contributed by atoms with van der Waals surface area (Å²) in [6.45, 7) is 1.92. The fourth-order valence-corrected chi connectivity index (χ4v) is 3.69. The highest BCUT2D eigenvalue weighted by Gasteiger charge is 2.14. The third-order valence-electron chi connectivity index (χ3n) is 4.56. The second kappa shape index (κ2) is 9.41. The number of nitrogens with zero attached hydrogens (tertiary/aromatic N) is 2. The van der Waals surface area contributed by atoms with Gasteiger partial charge in [-0.2, -0.15) is 0 Å². The van der Waals surface area contributed by atoms with Gasteiger partial charge in [-0.05, 0) is 48.9 Å². The Kier molecular flexibility index (Phi) is 6.25. The number of rotatable bonds is 7. The van der Waals surface area contributed by atoms with Crippen LogP contribution in [0.3, 0.4) is 0 Å². The van der Waals surface area contributed by atoms with Gasteiger partial charge in [0.2, 0.25) is 17.7 Å². The molecular weight excluding hydrogens is 394 g/mol. The van der Waals surface area contributed by atoms with E-state index in [1.165, 1.54) is 5.56 Å². The van der Waals surface area contributed by atoms with Crippen LogP contribution in [0, 0.1) is 0 Å². The minimum Gasteiger partial charge on any atom is -0.416 e. The monoisotopic (exact) mass is 415 g/mol. The van der Waals surface area contributed by atoms with E-state index in [9.17, 15) is 4.79 Å². The second-order valence-electron chi connectivity index (χ2n) is 6.78. The van der Waals surface area contributed by atoms with Gasteiger partial charge in [0, 0.05) is 22.6 Å². The standard InChI is InChI=1S/C24H21N3O2S/c1-17(30-16-18-8-4-2-5-9-18)22(28)25-21-14-12-20(13-15-21)24-27-26-23(29-24)19-10-6-3-7-11-19/h2-15,17H,16H2,1H3,(H,25,28)/t17-/m0/s1. The van der Waals surface area contributed by atoms with Gasteiger partial charge >= 0.3 is 0 Å². The lowest BCUT2D eigenvalue weighted by molar-refractivity contribution is -0.115. The van der Waals surface area contributed by atoms with E-state index in [-0.39, 0.29) is 11.2 Å². The molecule has 0 fully saturated rings. The zero-order valence-electron chi connectivity index (χ0n) is 16.5. The van der Waals surface area contributed by atoms with Gasteiger partial charge in [0.15, 0.2) is 0 Å². The van der Waals surface area contributed by atoms with Crippen molar-refractivity contribution in [2.75, 3.05) is 5.32 Å². The minimum atomic E-state index is -0.158. The van der Waals surface area contributed by atoms with E-state index >= 15 is 0 Å². The molecule has 4 aromatic rings. The van der Waals surface area contributed by atoms with E-state index in [1.807, 2.05) is 79.7 Å². The molecule has 30 heavy (non-hydrogen) atoms. The van der Waals surface area contributed by atoms with Crippen LogP contribution in [0.25, 0.3) is 22.9 Å². The summed E-state index contributed by atoms with van der Waals surface area (Å²) in [5.41, 5.74) is 3.62. The highest BCUT2D eigenvalue weighted by atomic mass is 32.2. The lowest BCUT2D eigenvalue weighted by Crippen LogP contribution is -2.22. The SMILES string of the molecule is C[C@H](SCc1ccccc1)C(=O)Nc1ccc(-c2nnc(-c3ccccc3)o2)cc1. The Morgan fingerprint density at radius 1 is 0.867 bits per heavy atom. The first-order valence-electron chi connectivity index (χ1n) is 9.65. The van der Waals surface area contributed by atoms with Gasteiger partial charge in [0.05, 0.1) is 5.25 Å². The Morgan fingerprint density at radius 3 is 2.07 bits per heavy atom. The quantitative estimate of drug-likeness (QED) is 0.422. The molecule has 0 saturated carbocycles. The highest BCUT2D eigenvalue weighted by molar-refractivity contribution is 7.99. The highest BCUT2D eigenvalue weighted by Crippen LogP contribution is 2.25. The van der Waals surface area contributed by atoms with Crippen LogP contribution in [-0.4, -0.2) is 21.4 Å². The fraction of sp³-hybridized carbons (Fsp3) is 0.125. The van der Waals surface area contributed by atoms with Crippen molar-refractivity contribution >= 4 is 23.4 Å². The van der Waals surface area contributed by atoms with Crippen LogP contribution >= 0.6 is 11.8 Å². The van der Waals surface area contributed by atoms with Crippen LogP contribution in [-0.2, 0) is 10.5 Å². The average Bonchev–Trinajstić information content (AvgIpc) is 3.29. The van der Waals surface area contributed by atoms with E-state index < -0.39 is 0 Å². The summed E-state index contributed by atoms with van der Waals surface area (Å²) in [6, 6.07) is 27.2. The lowest BCUT2D eigenvalue weighted by Gasteiger charge is -2.12. The van der Waals surface area contributed by atoms with Gasteiger partial charge in [-0.15, -0.1) is 22.0 Å². The van der Waals surface area contributed by atoms with E-state index in [1.54, 1.807) is 11.8 Å². The third kappa shape index (κ3) is 4.96. The van der Waals surface area contributed by atoms with Gasteiger partial charge in [-0.25, -0.2) is 0 Å². The Bertz CT molecular complexity index is 1100. The topological polar surface area (TPSA) is 68.0 Å². The molecule has 6 heteroatoms. The number of nitrogens with one attached hydrogen (secondary N) is 1. The van der Waals surface area contributed by atoms with Gasteiger partial charge in [-0.3, -0.25) is 4.79 Å². The zero-order valence-corrected chi connectivity index (χ0v) is 17.3. The molecule has 1 atom stereocenters. The van der Waals surface area contributed by atoms with Crippen LogP contribution in [0.5, 0.6) is 0 Å². The number of thioether (sulfide) groups is 1. The van der Waals surface area contributed by atoms with Crippen molar-refractivity contribution in [3.8, 4) is 22.9 Å². The summed E-state index contributed by atoms with van der Waals surface area (Å²) in [7, 11) is 0. The molecule has 0 unspecified atom stereocenters. The third-order valence-corrected chi connectivity index (χ3v) is 5.77. The van der Waals surface area contributed by atoms with E-state index in [0.717, 1.165) is 22.6 Å². The van der Waals surface area contributed by atoms with Crippen molar-refractivity contribution < 1.29 is 9.21 Å². The number of carbonyl (C=O) groups excluding carboxylic acids is 1. The summed E-state index contributed by atoms with van der Waals surface area (Å²) in [4.78, 5) is 12.5. The smallest absolute Gasteiger partial charge is 0.248 e. The normalized spacial score (nSPS) is 11.8. The summed E-state index contributed by atoms with van der Waals surface area (Å²) in [6.07, 6.45) is 0. The molecule has 1 aromatic heterocycles. The van der Waals surface area contributed by atoms with Crippen LogP contribution in [0.1, 0.15) is 12.5 Å². The average molecular weight is 416 g/mol. The summed E-state index contributed by atoms with van der Waals surface area (Å²) in [5, 5.41) is 11.0. The second-order valence-corrected chi connectivity index (χ2v) is 8.11. The summed E-state index contributed by atoms with van der Waals surface area (Å²) < 4.78 is 5.78. The van der Waals surface area contributed by atoms with Crippen LogP contribution < -0.4 is 5.32 Å². The summed E-state index contributed by atoms with van der Waals surface area (Å²) >= 11 is 1.61. The van der Waals surface area contributed by atoms with Crippen molar-refractivity contribution in [3.05, 3.63) is 90.5 Å². The molecule has 1 amide bonds. The molecule has 4 rings (SSSR count). The Labute approximate surface area is 179 Å². The lowest BCUT2D eigenvalue weighted by atomic mass is 10.2.